The van der Waals surface area contributed by atoms with Crippen LogP contribution in [0.5, 0.6) is 5.75 Å². The van der Waals surface area contributed by atoms with E-state index in [1.807, 2.05) is 24.3 Å². The van der Waals surface area contributed by atoms with Gasteiger partial charge in [0.2, 0.25) is 0 Å². The molecule has 1 saturated heterocycles. The molecule has 0 amide bonds. The highest BCUT2D eigenvalue weighted by molar-refractivity contribution is 5.26. The van der Waals surface area contributed by atoms with Crippen molar-refractivity contribution in [2.45, 2.75) is 37.9 Å². The van der Waals surface area contributed by atoms with Crippen LogP contribution < -0.4 is 4.74 Å². The summed E-state index contributed by atoms with van der Waals surface area (Å²) in [5.74, 6) is 2.40. The number of benzene rings is 1. The predicted molar refractivity (Wildman–Crippen MR) is 81.3 cm³/mol. The van der Waals surface area contributed by atoms with Crippen LogP contribution in [0.25, 0.3) is 0 Å². The van der Waals surface area contributed by atoms with Crippen molar-refractivity contribution in [3.8, 4) is 18.1 Å². The molecule has 0 saturated carbocycles. The van der Waals surface area contributed by atoms with Crippen LogP contribution in [-0.4, -0.2) is 42.9 Å². The zero-order valence-corrected chi connectivity index (χ0v) is 13.2. The first-order chi connectivity index (χ1) is 10.4. The van der Waals surface area contributed by atoms with Crippen molar-refractivity contribution in [3.05, 3.63) is 29.8 Å². The van der Waals surface area contributed by atoms with Crippen molar-refractivity contribution in [3.63, 3.8) is 0 Å². The first-order valence-corrected chi connectivity index (χ1v) is 7.11. The van der Waals surface area contributed by atoms with Crippen LogP contribution >= 0.6 is 0 Å². The molecule has 1 fully saturated rings. The van der Waals surface area contributed by atoms with Gasteiger partial charge in [-0.3, -0.25) is 0 Å². The minimum Gasteiger partial charge on any atom is -0.497 e. The molecule has 1 aliphatic heterocycles. The number of hydrogen-bond acceptors (Lipinski definition) is 5. The largest absolute Gasteiger partial charge is 0.497 e. The van der Waals surface area contributed by atoms with E-state index in [1.54, 1.807) is 21.0 Å². The zero-order chi connectivity index (χ0) is 16.2. The molecule has 0 spiro atoms. The molecule has 1 aliphatic rings. The van der Waals surface area contributed by atoms with Crippen LogP contribution in [0.3, 0.4) is 0 Å². The van der Waals surface area contributed by atoms with Gasteiger partial charge in [-0.15, -0.1) is 6.42 Å². The highest BCUT2D eigenvalue weighted by Crippen LogP contribution is 2.29. The highest BCUT2D eigenvalue weighted by Gasteiger charge is 2.45. The molecule has 5 nitrogen and oxygen atoms in total. The lowest BCUT2D eigenvalue weighted by atomic mass is 9.99. The van der Waals surface area contributed by atoms with Gasteiger partial charge in [0.1, 0.15) is 11.9 Å². The lowest BCUT2D eigenvalue weighted by Crippen LogP contribution is -2.47. The Kier molecular flexibility index (Phi) is 5.09. The Morgan fingerprint density at radius 1 is 1.41 bits per heavy atom. The van der Waals surface area contributed by atoms with Gasteiger partial charge >= 0.3 is 0 Å². The molecule has 1 N–H and O–H groups in total. The highest BCUT2D eigenvalue weighted by atomic mass is 16.7. The van der Waals surface area contributed by atoms with Crippen LogP contribution in [0.2, 0.25) is 0 Å². The molecule has 5 heteroatoms. The monoisotopic (exact) mass is 306 g/mol. The Hall–Kier alpha value is -1.58. The third kappa shape index (κ3) is 3.99. The number of ether oxygens (including phenoxy) is 4. The Morgan fingerprint density at radius 3 is 2.59 bits per heavy atom. The minimum atomic E-state index is -1.51. The second-order valence-electron chi connectivity index (χ2n) is 5.73. The van der Waals surface area contributed by atoms with E-state index in [0.29, 0.717) is 6.61 Å². The van der Waals surface area contributed by atoms with Gasteiger partial charge in [0.15, 0.2) is 11.4 Å². The van der Waals surface area contributed by atoms with E-state index in [1.165, 1.54) is 0 Å². The summed E-state index contributed by atoms with van der Waals surface area (Å²) in [6, 6.07) is 7.49. The zero-order valence-electron chi connectivity index (χ0n) is 13.2. The van der Waals surface area contributed by atoms with Gasteiger partial charge < -0.3 is 24.1 Å². The van der Waals surface area contributed by atoms with E-state index in [0.717, 1.165) is 11.3 Å². The Bertz CT molecular complexity index is 531. The fraction of sp³-hybridized carbons (Fsp3) is 0.529. The summed E-state index contributed by atoms with van der Waals surface area (Å²) in [5.41, 5.74) is -0.552. The van der Waals surface area contributed by atoms with Gasteiger partial charge in [-0.05, 0) is 31.5 Å². The summed E-state index contributed by atoms with van der Waals surface area (Å²) in [6.45, 7) is 4.11. The summed E-state index contributed by atoms with van der Waals surface area (Å²) in [4.78, 5) is 0. The van der Waals surface area contributed by atoms with E-state index in [-0.39, 0.29) is 13.2 Å². The van der Waals surface area contributed by atoms with Gasteiger partial charge in [0.05, 0.1) is 26.9 Å². The molecule has 22 heavy (non-hydrogen) atoms. The SMILES string of the molecule is C#C[C@@](O)(COCc1ccc(OC)cc1)[C@H]1COC(C)(C)O1. The maximum absolute atomic E-state index is 10.5. The maximum Gasteiger partial charge on any atom is 0.176 e. The lowest BCUT2D eigenvalue weighted by Gasteiger charge is -2.28. The number of terminal acetylenes is 1. The Balaban J connectivity index is 1.89. The molecule has 0 unspecified atom stereocenters. The van der Waals surface area contributed by atoms with Crippen LogP contribution in [0, 0.1) is 12.3 Å². The minimum absolute atomic E-state index is 0.0281. The molecule has 0 bridgehead atoms. The molecule has 1 heterocycles. The molecule has 2 atom stereocenters. The van der Waals surface area contributed by atoms with Gasteiger partial charge in [-0.2, -0.15) is 0 Å². The number of hydrogen-bond donors (Lipinski definition) is 1. The third-order valence-electron chi connectivity index (χ3n) is 3.54. The average molecular weight is 306 g/mol. The average Bonchev–Trinajstić information content (AvgIpc) is 2.88. The van der Waals surface area contributed by atoms with Crippen LogP contribution in [0.1, 0.15) is 19.4 Å². The standard InChI is InChI=1S/C17H22O5/c1-5-17(18,15-11-21-16(2,3)22-15)12-20-10-13-6-8-14(19-4)9-7-13/h1,6-9,15,18H,10-12H2,2-4H3/t15-,17-/m1/s1. The van der Waals surface area contributed by atoms with E-state index in [4.69, 9.17) is 25.4 Å². The molecular weight excluding hydrogens is 284 g/mol. The van der Waals surface area contributed by atoms with Crippen molar-refractivity contribution < 1.29 is 24.1 Å². The summed E-state index contributed by atoms with van der Waals surface area (Å²) in [7, 11) is 1.61. The molecule has 2 rings (SSSR count). The predicted octanol–water partition coefficient (Wildman–Crippen LogP) is 1.73. The van der Waals surface area contributed by atoms with Gasteiger partial charge in [0.25, 0.3) is 0 Å². The summed E-state index contributed by atoms with van der Waals surface area (Å²) in [6.07, 6.45) is 4.85. The van der Waals surface area contributed by atoms with Gasteiger partial charge in [0, 0.05) is 0 Å². The molecule has 0 aliphatic carbocycles. The van der Waals surface area contributed by atoms with Crippen molar-refractivity contribution in [2.24, 2.45) is 0 Å². The quantitative estimate of drug-likeness (QED) is 0.811. The lowest BCUT2D eigenvalue weighted by molar-refractivity contribution is -0.168. The Labute approximate surface area is 131 Å². The van der Waals surface area contributed by atoms with Crippen molar-refractivity contribution in [2.75, 3.05) is 20.3 Å². The summed E-state index contributed by atoms with van der Waals surface area (Å²) >= 11 is 0. The normalized spacial score (nSPS) is 22.8. The van der Waals surface area contributed by atoms with Crippen molar-refractivity contribution in [1.82, 2.24) is 0 Å². The molecule has 120 valence electrons. The van der Waals surface area contributed by atoms with E-state index >= 15 is 0 Å². The fourth-order valence-corrected chi connectivity index (χ4v) is 2.20. The van der Waals surface area contributed by atoms with E-state index in [9.17, 15) is 5.11 Å². The molecule has 0 aromatic heterocycles. The van der Waals surface area contributed by atoms with E-state index < -0.39 is 17.5 Å². The second-order valence-corrected chi connectivity index (χ2v) is 5.73. The number of aliphatic hydroxyl groups is 1. The third-order valence-corrected chi connectivity index (χ3v) is 3.54. The maximum atomic E-state index is 10.5. The van der Waals surface area contributed by atoms with Crippen LogP contribution in [-0.2, 0) is 20.8 Å². The van der Waals surface area contributed by atoms with Crippen molar-refractivity contribution >= 4 is 0 Å². The summed E-state index contributed by atoms with van der Waals surface area (Å²) in [5, 5.41) is 10.5. The molecular formula is C17H22O5. The fourth-order valence-electron chi connectivity index (χ4n) is 2.20. The molecule has 0 radical (unpaired) electrons. The second kappa shape index (κ2) is 6.67. The van der Waals surface area contributed by atoms with Gasteiger partial charge in [-0.25, -0.2) is 0 Å². The smallest absolute Gasteiger partial charge is 0.176 e. The molecule has 1 aromatic rings. The first-order valence-electron chi connectivity index (χ1n) is 7.11. The topological polar surface area (TPSA) is 57.2 Å². The number of rotatable bonds is 6. The number of methoxy groups -OCH3 is 1. The first kappa shape index (κ1) is 16.8. The Morgan fingerprint density at radius 2 is 2.09 bits per heavy atom. The molecule has 1 aromatic carbocycles. The van der Waals surface area contributed by atoms with Crippen LogP contribution in [0.15, 0.2) is 24.3 Å². The van der Waals surface area contributed by atoms with Crippen LogP contribution in [0.4, 0.5) is 0 Å². The van der Waals surface area contributed by atoms with E-state index in [2.05, 4.69) is 5.92 Å². The summed E-state index contributed by atoms with van der Waals surface area (Å²) < 4.78 is 21.7. The van der Waals surface area contributed by atoms with Gasteiger partial charge in [-0.1, -0.05) is 18.1 Å². The van der Waals surface area contributed by atoms with Crippen molar-refractivity contribution in [1.29, 1.82) is 0 Å².